The lowest BCUT2D eigenvalue weighted by Gasteiger charge is -2.28. The van der Waals surface area contributed by atoms with Gasteiger partial charge in [0.15, 0.2) is 5.82 Å². The Bertz CT molecular complexity index is 1070. The van der Waals surface area contributed by atoms with Crippen LogP contribution in [0.2, 0.25) is 0 Å². The number of amides is 1. The molecule has 0 unspecified atom stereocenters. The number of carbonyl (C=O) groups is 1. The van der Waals surface area contributed by atoms with Crippen LogP contribution < -0.4 is 10.5 Å². The topological polar surface area (TPSA) is 58.4 Å². The van der Waals surface area contributed by atoms with Gasteiger partial charge in [0, 0.05) is 39.6 Å². The molecular formula is C24H28N4O2. The molecule has 1 fully saturated rings. The molecule has 0 radical (unpaired) electrons. The molecule has 1 aliphatic rings. The van der Waals surface area contributed by atoms with Gasteiger partial charge in [-0.2, -0.15) is 0 Å². The molecular weight excluding hydrogens is 376 g/mol. The highest BCUT2D eigenvalue weighted by molar-refractivity contribution is 5.78. The van der Waals surface area contributed by atoms with E-state index in [1.807, 2.05) is 61.6 Å². The minimum atomic E-state index is -0.103. The van der Waals surface area contributed by atoms with E-state index in [1.54, 1.807) is 9.47 Å². The first-order valence-electron chi connectivity index (χ1n) is 10.7. The second kappa shape index (κ2) is 9.11. The zero-order chi connectivity index (χ0) is 20.9. The number of nitrogens with zero attached hydrogens (tertiary/aromatic N) is 4. The van der Waals surface area contributed by atoms with Crippen molar-refractivity contribution in [2.45, 2.75) is 38.8 Å². The molecule has 0 atom stereocenters. The molecule has 0 saturated carbocycles. The number of piperidine rings is 1. The normalized spacial score (nSPS) is 14.1. The van der Waals surface area contributed by atoms with Crippen molar-refractivity contribution in [2.24, 2.45) is 0 Å². The van der Waals surface area contributed by atoms with Gasteiger partial charge in [-0.1, -0.05) is 42.5 Å². The Morgan fingerprint density at radius 3 is 2.47 bits per heavy atom. The van der Waals surface area contributed by atoms with Crippen LogP contribution in [0, 0.1) is 0 Å². The van der Waals surface area contributed by atoms with Gasteiger partial charge in [-0.25, -0.2) is 4.98 Å². The maximum Gasteiger partial charge on any atom is 0.294 e. The quantitative estimate of drug-likeness (QED) is 0.632. The smallest absolute Gasteiger partial charge is 0.294 e. The van der Waals surface area contributed by atoms with Gasteiger partial charge in [-0.05, 0) is 37.0 Å². The van der Waals surface area contributed by atoms with Gasteiger partial charge >= 0.3 is 0 Å². The number of hydrogen-bond acceptors (Lipinski definition) is 4. The Kier molecular flexibility index (Phi) is 6.12. The summed E-state index contributed by atoms with van der Waals surface area (Å²) in [4.78, 5) is 34.5. The highest BCUT2D eigenvalue weighted by Crippen LogP contribution is 2.18. The number of aryl methyl sites for hydroxylation is 1. The van der Waals surface area contributed by atoms with Crippen molar-refractivity contribution in [2.75, 3.05) is 25.0 Å². The summed E-state index contributed by atoms with van der Waals surface area (Å²) >= 11 is 0. The Labute approximate surface area is 176 Å². The van der Waals surface area contributed by atoms with E-state index in [2.05, 4.69) is 9.88 Å². The van der Waals surface area contributed by atoms with Crippen molar-refractivity contribution in [1.82, 2.24) is 14.5 Å². The lowest BCUT2D eigenvalue weighted by Crippen LogP contribution is -2.37. The number of anilines is 1. The maximum absolute atomic E-state index is 13.3. The summed E-state index contributed by atoms with van der Waals surface area (Å²) in [5.41, 5.74) is 2.56. The van der Waals surface area contributed by atoms with E-state index >= 15 is 0 Å². The fourth-order valence-corrected chi connectivity index (χ4v) is 4.06. The van der Waals surface area contributed by atoms with Crippen molar-refractivity contribution < 1.29 is 4.79 Å². The van der Waals surface area contributed by atoms with Crippen LogP contribution in [-0.2, 0) is 17.9 Å². The summed E-state index contributed by atoms with van der Waals surface area (Å²) in [7, 11) is 1.81. The van der Waals surface area contributed by atoms with Crippen molar-refractivity contribution >= 4 is 22.8 Å². The Morgan fingerprint density at radius 1 is 1.00 bits per heavy atom. The van der Waals surface area contributed by atoms with Gasteiger partial charge in [0.25, 0.3) is 5.56 Å². The molecule has 0 spiro atoms. The molecule has 1 aliphatic heterocycles. The number of hydrogen-bond donors (Lipinski definition) is 0. The van der Waals surface area contributed by atoms with Crippen LogP contribution >= 0.6 is 0 Å². The Balaban J connectivity index is 1.56. The summed E-state index contributed by atoms with van der Waals surface area (Å²) in [5, 5.41) is 0. The fraction of sp³-hybridized carbons (Fsp3) is 0.375. The van der Waals surface area contributed by atoms with E-state index in [1.165, 1.54) is 6.42 Å². The van der Waals surface area contributed by atoms with Crippen LogP contribution in [-0.4, -0.2) is 40.5 Å². The molecule has 1 amide bonds. The lowest BCUT2D eigenvalue weighted by molar-refractivity contribution is -0.130. The van der Waals surface area contributed by atoms with Crippen LogP contribution in [0.4, 0.5) is 5.82 Å². The second-order valence-corrected chi connectivity index (χ2v) is 7.91. The first-order chi connectivity index (χ1) is 14.6. The number of para-hydroxylation sites is 2. The van der Waals surface area contributed by atoms with Crippen molar-refractivity contribution in [3.63, 3.8) is 0 Å². The Morgan fingerprint density at radius 2 is 1.70 bits per heavy atom. The summed E-state index contributed by atoms with van der Waals surface area (Å²) in [6, 6.07) is 17.6. The van der Waals surface area contributed by atoms with Gasteiger partial charge in [0.05, 0.1) is 11.0 Å². The van der Waals surface area contributed by atoms with Crippen LogP contribution in [0.25, 0.3) is 11.0 Å². The summed E-state index contributed by atoms with van der Waals surface area (Å²) in [6.07, 6.45) is 3.63. The van der Waals surface area contributed by atoms with Gasteiger partial charge < -0.3 is 14.4 Å². The minimum absolute atomic E-state index is 0.0196. The third-order valence-electron chi connectivity index (χ3n) is 5.73. The molecule has 30 heavy (non-hydrogen) atoms. The molecule has 2 aromatic carbocycles. The third kappa shape index (κ3) is 4.37. The average molecular weight is 405 g/mol. The number of benzene rings is 2. The van der Waals surface area contributed by atoms with E-state index in [0.717, 1.165) is 42.5 Å². The summed E-state index contributed by atoms with van der Waals surface area (Å²) in [5.74, 6) is 0.532. The predicted octanol–water partition coefficient (Wildman–Crippen LogP) is 3.44. The molecule has 3 aromatic rings. The van der Waals surface area contributed by atoms with E-state index in [-0.39, 0.29) is 17.9 Å². The van der Waals surface area contributed by atoms with E-state index in [4.69, 9.17) is 0 Å². The first-order valence-corrected chi connectivity index (χ1v) is 10.7. The van der Waals surface area contributed by atoms with E-state index in [9.17, 15) is 9.59 Å². The predicted molar refractivity (Wildman–Crippen MR) is 120 cm³/mol. The number of rotatable bonds is 6. The van der Waals surface area contributed by atoms with Crippen LogP contribution in [0.15, 0.2) is 59.4 Å². The number of carbonyl (C=O) groups excluding carboxylic acids is 1. The molecule has 1 saturated heterocycles. The molecule has 6 nitrogen and oxygen atoms in total. The molecule has 0 N–H and O–H groups in total. The third-order valence-corrected chi connectivity index (χ3v) is 5.73. The maximum atomic E-state index is 13.3. The lowest BCUT2D eigenvalue weighted by atomic mass is 10.1. The highest BCUT2D eigenvalue weighted by Gasteiger charge is 2.19. The van der Waals surface area contributed by atoms with Crippen LogP contribution in [0.3, 0.4) is 0 Å². The number of aromatic nitrogens is 2. The van der Waals surface area contributed by atoms with Gasteiger partial charge in [-0.15, -0.1) is 0 Å². The molecule has 0 aliphatic carbocycles. The van der Waals surface area contributed by atoms with E-state index in [0.29, 0.717) is 18.9 Å². The largest absolute Gasteiger partial charge is 0.352 e. The zero-order valence-electron chi connectivity index (χ0n) is 17.5. The molecule has 0 bridgehead atoms. The summed E-state index contributed by atoms with van der Waals surface area (Å²) in [6.45, 7) is 2.63. The zero-order valence-corrected chi connectivity index (χ0v) is 17.5. The molecule has 156 valence electrons. The average Bonchev–Trinajstić information content (AvgIpc) is 2.79. The number of fused-ring (bicyclic) bond motifs is 1. The fourth-order valence-electron chi connectivity index (χ4n) is 4.06. The van der Waals surface area contributed by atoms with Crippen LogP contribution in [0.5, 0.6) is 0 Å². The Hall–Kier alpha value is -3.15. The van der Waals surface area contributed by atoms with Gasteiger partial charge in [0.1, 0.15) is 0 Å². The monoisotopic (exact) mass is 404 g/mol. The first kappa shape index (κ1) is 20.1. The van der Waals surface area contributed by atoms with Crippen molar-refractivity contribution in [3.05, 3.63) is 70.5 Å². The molecule has 1 aromatic heterocycles. The molecule has 4 rings (SSSR count). The second-order valence-electron chi connectivity index (χ2n) is 7.91. The van der Waals surface area contributed by atoms with Gasteiger partial charge in [-0.3, -0.25) is 9.59 Å². The molecule has 6 heteroatoms. The standard InChI is InChI=1S/C24H28N4O2/c1-26(18-19-10-4-2-5-11-19)22(29)14-17-28-21-13-7-6-12-20(21)25-23(24(28)30)27-15-8-3-9-16-27/h2,4-7,10-13H,3,8-9,14-18H2,1H3. The van der Waals surface area contributed by atoms with E-state index < -0.39 is 0 Å². The SMILES string of the molecule is CN(Cc1ccccc1)C(=O)CCn1c(=O)c(N2CCCCC2)nc2ccccc21. The van der Waals surface area contributed by atoms with Crippen LogP contribution in [0.1, 0.15) is 31.2 Å². The molecule has 2 heterocycles. The van der Waals surface area contributed by atoms with Crippen molar-refractivity contribution in [1.29, 1.82) is 0 Å². The summed E-state index contributed by atoms with van der Waals surface area (Å²) < 4.78 is 1.72. The van der Waals surface area contributed by atoms with Crippen molar-refractivity contribution in [3.8, 4) is 0 Å². The van der Waals surface area contributed by atoms with Gasteiger partial charge in [0.2, 0.25) is 5.91 Å². The minimum Gasteiger partial charge on any atom is -0.352 e. The highest BCUT2D eigenvalue weighted by atomic mass is 16.2.